The Morgan fingerprint density at radius 2 is 2.22 bits per heavy atom. The highest BCUT2D eigenvalue weighted by Gasteiger charge is 2.28. The van der Waals surface area contributed by atoms with E-state index in [1.807, 2.05) is 41.5 Å². The van der Waals surface area contributed by atoms with Gasteiger partial charge in [0.05, 0.1) is 29.4 Å². The van der Waals surface area contributed by atoms with Crippen molar-refractivity contribution < 1.29 is 4.79 Å². The van der Waals surface area contributed by atoms with Crippen LogP contribution in [0.25, 0.3) is 11.0 Å². The van der Waals surface area contributed by atoms with Crippen LogP contribution in [-0.4, -0.2) is 36.5 Å². The lowest BCUT2D eigenvalue weighted by Crippen LogP contribution is -2.36. The van der Waals surface area contributed by atoms with Crippen molar-refractivity contribution in [2.24, 2.45) is 0 Å². The van der Waals surface area contributed by atoms with E-state index >= 15 is 0 Å². The molecule has 0 radical (unpaired) electrons. The van der Waals surface area contributed by atoms with Crippen molar-refractivity contribution in [2.75, 3.05) is 0 Å². The van der Waals surface area contributed by atoms with Crippen molar-refractivity contribution in [2.45, 2.75) is 65.1 Å². The Labute approximate surface area is 158 Å². The van der Waals surface area contributed by atoms with E-state index in [1.54, 1.807) is 6.20 Å². The third-order valence-electron chi connectivity index (χ3n) is 4.92. The van der Waals surface area contributed by atoms with Gasteiger partial charge in [-0.3, -0.25) is 9.48 Å². The summed E-state index contributed by atoms with van der Waals surface area (Å²) in [4.78, 5) is 17.8. The number of rotatable bonds is 7. The van der Waals surface area contributed by atoms with Crippen molar-refractivity contribution in [1.82, 2.24) is 29.9 Å². The number of nitrogens with zero attached hydrogens (tertiary/aromatic N) is 5. The number of carbonyl (C=O) groups excluding carboxylic acids is 1. The number of aryl methyl sites for hydroxylation is 2. The fourth-order valence-corrected chi connectivity index (χ4v) is 3.41. The summed E-state index contributed by atoms with van der Waals surface area (Å²) in [7, 11) is 0. The smallest absolute Gasteiger partial charge is 0.252 e. The molecule has 1 saturated carbocycles. The van der Waals surface area contributed by atoms with Gasteiger partial charge in [0.2, 0.25) is 0 Å². The third-order valence-corrected chi connectivity index (χ3v) is 4.92. The van der Waals surface area contributed by atoms with E-state index in [1.165, 1.54) is 0 Å². The molecule has 0 unspecified atom stereocenters. The largest absolute Gasteiger partial charge is 0.348 e. The summed E-state index contributed by atoms with van der Waals surface area (Å²) in [6, 6.07) is 3.89. The van der Waals surface area contributed by atoms with Crippen LogP contribution in [0.4, 0.5) is 0 Å². The summed E-state index contributed by atoms with van der Waals surface area (Å²) in [5.41, 5.74) is 3.48. The molecule has 142 valence electrons. The lowest BCUT2D eigenvalue weighted by molar-refractivity contribution is 0.0937. The molecule has 27 heavy (non-hydrogen) atoms. The van der Waals surface area contributed by atoms with Crippen LogP contribution in [0.2, 0.25) is 0 Å². The summed E-state index contributed by atoms with van der Waals surface area (Å²) in [5, 5.41) is 12.8. The van der Waals surface area contributed by atoms with E-state index in [2.05, 4.69) is 22.4 Å². The second-order valence-corrected chi connectivity index (χ2v) is 7.53. The molecule has 0 saturated heterocycles. The van der Waals surface area contributed by atoms with Gasteiger partial charge in [0.15, 0.2) is 5.65 Å². The predicted octanol–water partition coefficient (Wildman–Crippen LogP) is 3.04. The Balaban J connectivity index is 1.60. The van der Waals surface area contributed by atoms with Crippen LogP contribution in [-0.2, 0) is 13.1 Å². The summed E-state index contributed by atoms with van der Waals surface area (Å²) < 4.78 is 3.77. The van der Waals surface area contributed by atoms with Gasteiger partial charge in [0, 0.05) is 30.4 Å². The van der Waals surface area contributed by atoms with Crippen LogP contribution in [0.5, 0.6) is 0 Å². The van der Waals surface area contributed by atoms with E-state index in [4.69, 9.17) is 4.98 Å². The van der Waals surface area contributed by atoms with Gasteiger partial charge in [-0.2, -0.15) is 10.2 Å². The third kappa shape index (κ3) is 3.72. The lowest BCUT2D eigenvalue weighted by Gasteiger charge is -2.15. The quantitative estimate of drug-likeness (QED) is 0.697. The molecular formula is C20H26N6O. The Hall–Kier alpha value is -2.70. The molecule has 4 rings (SSSR count). The molecule has 1 aliphatic rings. The Morgan fingerprint density at radius 3 is 2.89 bits per heavy atom. The molecule has 1 amide bonds. The second-order valence-electron chi connectivity index (χ2n) is 7.53. The molecule has 0 aliphatic heterocycles. The maximum absolute atomic E-state index is 13.0. The lowest BCUT2D eigenvalue weighted by atomic mass is 10.1. The maximum atomic E-state index is 13.0. The standard InChI is InChI=1S/C20H26N6O/c1-4-8-26-19-17(11-21-26)16(10-18(23-19)15-5-6-15)20(27)22-14(3)12-25-9-7-13(2)24-25/h7,9-11,14-15H,4-6,8,12H2,1-3H3,(H,22,27)/t14-/m0/s1. The zero-order chi connectivity index (χ0) is 19.0. The molecule has 7 nitrogen and oxygen atoms in total. The molecule has 0 bridgehead atoms. The highest BCUT2D eigenvalue weighted by Crippen LogP contribution is 2.40. The normalized spacial score (nSPS) is 15.2. The summed E-state index contributed by atoms with van der Waals surface area (Å²) in [6.07, 6.45) is 6.98. The second kappa shape index (κ2) is 7.13. The monoisotopic (exact) mass is 366 g/mol. The van der Waals surface area contributed by atoms with E-state index in [-0.39, 0.29) is 11.9 Å². The highest BCUT2D eigenvalue weighted by molar-refractivity contribution is 6.05. The van der Waals surface area contributed by atoms with Crippen molar-refractivity contribution in [1.29, 1.82) is 0 Å². The molecule has 0 aromatic carbocycles. The van der Waals surface area contributed by atoms with Crippen LogP contribution in [0.15, 0.2) is 24.5 Å². The molecule has 3 aromatic rings. The molecular weight excluding hydrogens is 340 g/mol. The minimum absolute atomic E-state index is 0.0323. The molecule has 1 fully saturated rings. The number of nitrogens with one attached hydrogen (secondary N) is 1. The topological polar surface area (TPSA) is 77.6 Å². The first-order valence-electron chi connectivity index (χ1n) is 9.72. The summed E-state index contributed by atoms with van der Waals surface area (Å²) >= 11 is 0. The minimum atomic E-state index is -0.0725. The number of aromatic nitrogens is 5. The maximum Gasteiger partial charge on any atom is 0.252 e. The average molecular weight is 366 g/mol. The fourth-order valence-electron chi connectivity index (χ4n) is 3.41. The van der Waals surface area contributed by atoms with Crippen molar-refractivity contribution in [3.8, 4) is 0 Å². The SMILES string of the molecule is CCCn1ncc2c(C(=O)N[C@@H](C)Cn3ccc(C)n3)cc(C3CC3)nc21. The first kappa shape index (κ1) is 17.7. The van der Waals surface area contributed by atoms with E-state index in [0.29, 0.717) is 18.0 Å². The molecule has 7 heteroatoms. The minimum Gasteiger partial charge on any atom is -0.348 e. The summed E-state index contributed by atoms with van der Waals surface area (Å²) in [6.45, 7) is 7.51. The van der Waals surface area contributed by atoms with Gasteiger partial charge in [0.25, 0.3) is 5.91 Å². The van der Waals surface area contributed by atoms with Gasteiger partial charge in [-0.15, -0.1) is 0 Å². The van der Waals surface area contributed by atoms with Crippen molar-refractivity contribution in [3.63, 3.8) is 0 Å². The van der Waals surface area contributed by atoms with Gasteiger partial charge in [0.1, 0.15) is 0 Å². The zero-order valence-corrected chi connectivity index (χ0v) is 16.1. The number of amides is 1. The van der Waals surface area contributed by atoms with Crippen LogP contribution >= 0.6 is 0 Å². The Bertz CT molecular complexity index is 968. The van der Waals surface area contributed by atoms with Gasteiger partial charge < -0.3 is 5.32 Å². The van der Waals surface area contributed by atoms with Crippen molar-refractivity contribution in [3.05, 3.63) is 41.5 Å². The van der Waals surface area contributed by atoms with Gasteiger partial charge in [-0.05, 0) is 45.2 Å². The van der Waals surface area contributed by atoms with Crippen LogP contribution in [0.1, 0.15) is 60.8 Å². The Kier molecular flexibility index (Phi) is 4.68. The first-order chi connectivity index (χ1) is 13.0. The first-order valence-corrected chi connectivity index (χ1v) is 9.72. The predicted molar refractivity (Wildman–Crippen MR) is 104 cm³/mol. The van der Waals surface area contributed by atoms with E-state index < -0.39 is 0 Å². The number of carbonyl (C=O) groups is 1. The van der Waals surface area contributed by atoms with Gasteiger partial charge in [-0.25, -0.2) is 9.67 Å². The van der Waals surface area contributed by atoms with E-state index in [0.717, 1.165) is 48.2 Å². The number of hydrogen-bond donors (Lipinski definition) is 1. The van der Waals surface area contributed by atoms with Crippen LogP contribution in [0, 0.1) is 6.92 Å². The summed E-state index contributed by atoms with van der Waals surface area (Å²) in [5.74, 6) is 0.409. The molecule has 3 heterocycles. The molecule has 3 aromatic heterocycles. The Morgan fingerprint density at radius 1 is 1.41 bits per heavy atom. The number of hydrogen-bond acceptors (Lipinski definition) is 4. The highest BCUT2D eigenvalue weighted by atomic mass is 16.1. The molecule has 1 aliphatic carbocycles. The van der Waals surface area contributed by atoms with Gasteiger partial charge in [-0.1, -0.05) is 6.92 Å². The fraction of sp³-hybridized carbons (Fsp3) is 0.500. The van der Waals surface area contributed by atoms with E-state index in [9.17, 15) is 4.79 Å². The molecule has 1 N–H and O–H groups in total. The van der Waals surface area contributed by atoms with Gasteiger partial charge >= 0.3 is 0 Å². The van der Waals surface area contributed by atoms with Crippen molar-refractivity contribution >= 4 is 16.9 Å². The molecule has 1 atom stereocenters. The average Bonchev–Trinajstić information content (AvgIpc) is 3.30. The number of pyridine rings is 1. The zero-order valence-electron chi connectivity index (χ0n) is 16.1. The molecule has 0 spiro atoms. The van der Waals surface area contributed by atoms with Crippen LogP contribution < -0.4 is 5.32 Å². The van der Waals surface area contributed by atoms with Crippen LogP contribution in [0.3, 0.4) is 0 Å². The number of fused-ring (bicyclic) bond motifs is 1.